The van der Waals surface area contributed by atoms with Gasteiger partial charge in [0.15, 0.2) is 0 Å². The number of rotatable bonds is 6. The number of nitrogens with one attached hydrogen (secondary N) is 2. The van der Waals surface area contributed by atoms with Gasteiger partial charge in [0.05, 0.1) is 12.3 Å². The molecule has 0 aliphatic heterocycles. The zero-order chi connectivity index (χ0) is 16.9. The molecule has 1 aliphatic rings. The molecule has 1 amide bonds. The van der Waals surface area contributed by atoms with Crippen molar-refractivity contribution >= 4 is 15.9 Å². The molecule has 2 rings (SSSR count). The van der Waals surface area contributed by atoms with E-state index in [0.29, 0.717) is 12.5 Å². The molecule has 0 spiro atoms. The molecule has 0 radical (unpaired) electrons. The summed E-state index contributed by atoms with van der Waals surface area (Å²) in [6.45, 7) is 2.47. The lowest BCUT2D eigenvalue weighted by Crippen LogP contribution is -2.36. The van der Waals surface area contributed by atoms with Crippen LogP contribution in [0.1, 0.15) is 44.2 Å². The Bertz CT molecular complexity index is 608. The van der Waals surface area contributed by atoms with Gasteiger partial charge in [0, 0.05) is 12.5 Å². The second-order valence-corrected chi connectivity index (χ2v) is 8.31. The monoisotopic (exact) mass is 338 g/mol. The molecule has 0 heterocycles. The van der Waals surface area contributed by atoms with Gasteiger partial charge in [-0.25, -0.2) is 13.1 Å². The Morgan fingerprint density at radius 2 is 1.78 bits per heavy atom. The first-order chi connectivity index (χ1) is 10.8. The number of amides is 1. The summed E-state index contributed by atoms with van der Waals surface area (Å²) in [6, 6.07) is 9.94. The van der Waals surface area contributed by atoms with E-state index in [1.165, 1.54) is 6.26 Å². The molecule has 0 saturated heterocycles. The smallest absolute Gasteiger partial charge is 0.223 e. The first-order valence-electron chi connectivity index (χ1n) is 8.15. The highest BCUT2D eigenvalue weighted by Gasteiger charge is 2.27. The maximum absolute atomic E-state index is 12.4. The van der Waals surface area contributed by atoms with E-state index in [0.717, 1.165) is 31.2 Å². The largest absolute Gasteiger partial charge is 0.349 e. The molecule has 0 aromatic heterocycles. The lowest BCUT2D eigenvalue weighted by Gasteiger charge is -2.28. The van der Waals surface area contributed by atoms with Crippen LogP contribution in [0, 0.1) is 11.8 Å². The molecule has 6 heteroatoms. The van der Waals surface area contributed by atoms with Crippen molar-refractivity contribution < 1.29 is 13.2 Å². The Morgan fingerprint density at radius 3 is 2.35 bits per heavy atom. The molecule has 0 unspecified atom stereocenters. The van der Waals surface area contributed by atoms with Crippen LogP contribution in [0.25, 0.3) is 0 Å². The van der Waals surface area contributed by atoms with Crippen molar-refractivity contribution in [3.05, 3.63) is 35.9 Å². The van der Waals surface area contributed by atoms with Gasteiger partial charge in [-0.15, -0.1) is 0 Å². The average molecular weight is 338 g/mol. The Morgan fingerprint density at radius 1 is 1.17 bits per heavy atom. The molecule has 1 aromatic carbocycles. The first kappa shape index (κ1) is 17.9. The fraction of sp³-hybridized carbons (Fsp3) is 0.588. The number of carbonyl (C=O) groups is 1. The Labute approximate surface area is 138 Å². The van der Waals surface area contributed by atoms with Crippen molar-refractivity contribution in [3.63, 3.8) is 0 Å². The van der Waals surface area contributed by atoms with Gasteiger partial charge in [-0.1, -0.05) is 30.3 Å². The Balaban J connectivity index is 1.77. The minimum absolute atomic E-state index is 0.00771. The van der Waals surface area contributed by atoms with Gasteiger partial charge in [0.2, 0.25) is 15.9 Å². The SMILES string of the molecule is C[C@@H](NC(=O)C1CCC(CNS(C)(=O)=O)CC1)c1ccccc1. The first-order valence-corrected chi connectivity index (χ1v) is 10.0. The van der Waals surface area contributed by atoms with Gasteiger partial charge in [0.25, 0.3) is 0 Å². The van der Waals surface area contributed by atoms with E-state index in [-0.39, 0.29) is 17.9 Å². The maximum Gasteiger partial charge on any atom is 0.223 e. The normalized spacial score (nSPS) is 23.2. The van der Waals surface area contributed by atoms with Crippen molar-refractivity contribution in [2.24, 2.45) is 11.8 Å². The van der Waals surface area contributed by atoms with Crippen molar-refractivity contribution in [2.75, 3.05) is 12.8 Å². The molecule has 1 saturated carbocycles. The molecule has 1 aliphatic carbocycles. The molecule has 1 fully saturated rings. The molecule has 0 bridgehead atoms. The zero-order valence-corrected chi connectivity index (χ0v) is 14.6. The standard InChI is InChI=1S/C17H26N2O3S/c1-13(15-6-4-3-5-7-15)19-17(20)16-10-8-14(9-11-16)12-18-23(2,21)22/h3-7,13-14,16,18H,8-12H2,1-2H3,(H,19,20)/t13-,14?,16?/m1/s1. The molecular formula is C17H26N2O3S. The van der Waals surface area contributed by atoms with E-state index in [2.05, 4.69) is 10.0 Å². The molecule has 1 aromatic rings. The van der Waals surface area contributed by atoms with E-state index in [1.54, 1.807) is 0 Å². The highest BCUT2D eigenvalue weighted by atomic mass is 32.2. The van der Waals surface area contributed by atoms with Crippen molar-refractivity contribution in [3.8, 4) is 0 Å². The molecule has 5 nitrogen and oxygen atoms in total. The lowest BCUT2D eigenvalue weighted by molar-refractivity contribution is -0.126. The van der Waals surface area contributed by atoms with Crippen LogP contribution in [-0.2, 0) is 14.8 Å². The minimum atomic E-state index is -3.13. The van der Waals surface area contributed by atoms with Crippen LogP contribution in [0.15, 0.2) is 30.3 Å². The second-order valence-electron chi connectivity index (χ2n) is 6.48. The van der Waals surface area contributed by atoms with Crippen LogP contribution < -0.4 is 10.0 Å². The summed E-state index contributed by atoms with van der Waals surface area (Å²) in [4.78, 5) is 12.4. The Kier molecular flexibility index (Phi) is 6.18. The topological polar surface area (TPSA) is 75.3 Å². The average Bonchev–Trinajstić information content (AvgIpc) is 2.53. The second kappa shape index (κ2) is 7.93. The van der Waals surface area contributed by atoms with Crippen molar-refractivity contribution in [1.29, 1.82) is 0 Å². The summed E-state index contributed by atoms with van der Waals surface area (Å²) in [6.07, 6.45) is 4.60. The quantitative estimate of drug-likeness (QED) is 0.835. The van der Waals surface area contributed by atoms with Gasteiger partial charge < -0.3 is 5.32 Å². The van der Waals surface area contributed by atoms with Crippen LogP contribution in [0.3, 0.4) is 0 Å². The van der Waals surface area contributed by atoms with Gasteiger partial charge in [0.1, 0.15) is 0 Å². The van der Waals surface area contributed by atoms with Crippen molar-refractivity contribution in [1.82, 2.24) is 10.0 Å². The van der Waals surface area contributed by atoms with E-state index < -0.39 is 10.0 Å². The third-order valence-corrected chi connectivity index (χ3v) is 5.20. The van der Waals surface area contributed by atoms with Crippen LogP contribution in [0.5, 0.6) is 0 Å². The highest BCUT2D eigenvalue weighted by Crippen LogP contribution is 2.29. The fourth-order valence-electron chi connectivity index (χ4n) is 3.05. The summed E-state index contributed by atoms with van der Waals surface area (Å²) >= 11 is 0. The summed E-state index contributed by atoms with van der Waals surface area (Å²) < 4.78 is 24.8. The number of hydrogen-bond donors (Lipinski definition) is 2. The van der Waals surface area contributed by atoms with Crippen LogP contribution >= 0.6 is 0 Å². The van der Waals surface area contributed by atoms with Crippen molar-refractivity contribution in [2.45, 2.75) is 38.6 Å². The maximum atomic E-state index is 12.4. The predicted octanol–water partition coefficient (Wildman–Crippen LogP) is 2.22. The fourth-order valence-corrected chi connectivity index (χ4v) is 3.59. The van der Waals surface area contributed by atoms with Gasteiger partial charge in [-0.2, -0.15) is 0 Å². The molecule has 1 atom stereocenters. The third-order valence-electron chi connectivity index (χ3n) is 4.51. The minimum Gasteiger partial charge on any atom is -0.349 e. The zero-order valence-electron chi connectivity index (χ0n) is 13.8. The van der Waals surface area contributed by atoms with E-state index in [9.17, 15) is 13.2 Å². The summed E-state index contributed by atoms with van der Waals surface area (Å²) in [7, 11) is -3.13. The Hall–Kier alpha value is -1.40. The van der Waals surface area contributed by atoms with E-state index in [4.69, 9.17) is 0 Å². The van der Waals surface area contributed by atoms with Crippen LogP contribution in [-0.4, -0.2) is 27.1 Å². The lowest BCUT2D eigenvalue weighted by atomic mass is 9.81. The van der Waals surface area contributed by atoms with E-state index in [1.807, 2.05) is 37.3 Å². The molecular weight excluding hydrogens is 312 g/mol. The number of sulfonamides is 1. The summed E-state index contributed by atoms with van der Waals surface area (Å²) in [5.74, 6) is 0.479. The summed E-state index contributed by atoms with van der Waals surface area (Å²) in [5.41, 5.74) is 1.10. The molecule has 128 valence electrons. The number of benzene rings is 1. The highest BCUT2D eigenvalue weighted by molar-refractivity contribution is 7.88. The van der Waals surface area contributed by atoms with Gasteiger partial charge in [-0.3, -0.25) is 4.79 Å². The van der Waals surface area contributed by atoms with Gasteiger partial charge >= 0.3 is 0 Å². The van der Waals surface area contributed by atoms with E-state index >= 15 is 0 Å². The molecule has 2 N–H and O–H groups in total. The molecule has 23 heavy (non-hydrogen) atoms. The number of carbonyl (C=O) groups excluding carboxylic acids is 1. The summed E-state index contributed by atoms with van der Waals surface area (Å²) in [5, 5.41) is 3.09. The predicted molar refractivity (Wildman–Crippen MR) is 91.3 cm³/mol. The van der Waals surface area contributed by atoms with Crippen LogP contribution in [0.2, 0.25) is 0 Å². The van der Waals surface area contributed by atoms with Crippen LogP contribution in [0.4, 0.5) is 0 Å². The number of hydrogen-bond acceptors (Lipinski definition) is 3. The van der Waals surface area contributed by atoms with Gasteiger partial charge in [-0.05, 0) is 44.1 Å². The third kappa shape index (κ3) is 5.95.